The molecule has 4 heteroatoms. The van der Waals surface area contributed by atoms with E-state index >= 15 is 0 Å². The maximum absolute atomic E-state index is 12.1. The largest absolute Gasteiger partial charge is 0.326 e. The number of nitrogens with one attached hydrogen (secondary N) is 1. The minimum Gasteiger partial charge on any atom is -0.326 e. The van der Waals surface area contributed by atoms with Crippen molar-refractivity contribution in [2.75, 3.05) is 5.32 Å². The van der Waals surface area contributed by atoms with E-state index in [0.29, 0.717) is 0 Å². The van der Waals surface area contributed by atoms with Crippen LogP contribution in [0.5, 0.6) is 0 Å². The second-order valence-corrected chi connectivity index (χ2v) is 5.54. The molecule has 0 spiro atoms. The van der Waals surface area contributed by atoms with Gasteiger partial charge in [0.15, 0.2) is 0 Å². The smallest absolute Gasteiger partial charge is 0.226 e. The summed E-state index contributed by atoms with van der Waals surface area (Å²) in [6, 6.07) is 15.1. The minimum absolute atomic E-state index is 0.0810. The van der Waals surface area contributed by atoms with E-state index in [1.54, 1.807) is 0 Å². The van der Waals surface area contributed by atoms with Gasteiger partial charge in [0.05, 0.1) is 0 Å². The molecule has 104 valence electrons. The number of benzene rings is 2. The van der Waals surface area contributed by atoms with E-state index in [2.05, 4.69) is 21.2 Å². The molecule has 2 rings (SSSR count). The van der Waals surface area contributed by atoms with Gasteiger partial charge >= 0.3 is 0 Å². The summed E-state index contributed by atoms with van der Waals surface area (Å²) < 4.78 is 0.975. The average molecular weight is 333 g/mol. The van der Waals surface area contributed by atoms with Gasteiger partial charge in [-0.25, -0.2) is 0 Å². The maximum atomic E-state index is 12.1. The summed E-state index contributed by atoms with van der Waals surface area (Å²) in [5, 5.41) is 2.90. The van der Waals surface area contributed by atoms with E-state index in [9.17, 15) is 4.79 Å². The van der Waals surface area contributed by atoms with Crippen molar-refractivity contribution in [3.05, 3.63) is 64.1 Å². The van der Waals surface area contributed by atoms with Crippen LogP contribution in [0.3, 0.4) is 0 Å². The molecule has 3 N–H and O–H groups in total. The normalized spacial score (nSPS) is 11.9. The molecule has 0 radical (unpaired) electrons. The highest BCUT2D eigenvalue weighted by atomic mass is 79.9. The summed E-state index contributed by atoms with van der Waals surface area (Å²) in [6.45, 7) is 1.96. The summed E-state index contributed by atoms with van der Waals surface area (Å²) in [6.07, 6.45) is 0.260. The number of carbonyl (C=O) groups is 1. The van der Waals surface area contributed by atoms with Gasteiger partial charge in [-0.2, -0.15) is 0 Å². The molecule has 0 aliphatic carbocycles. The predicted octanol–water partition coefficient (Wildman–Crippen LogP) is 3.79. The van der Waals surface area contributed by atoms with Crippen molar-refractivity contribution in [1.82, 2.24) is 0 Å². The Morgan fingerprint density at radius 3 is 2.60 bits per heavy atom. The fourth-order valence-electron chi connectivity index (χ4n) is 1.96. The van der Waals surface area contributed by atoms with Crippen LogP contribution < -0.4 is 11.1 Å². The van der Waals surface area contributed by atoms with E-state index in [4.69, 9.17) is 5.73 Å². The fraction of sp³-hybridized carbons (Fsp3) is 0.188. The lowest BCUT2D eigenvalue weighted by Crippen LogP contribution is -2.20. The third kappa shape index (κ3) is 3.68. The topological polar surface area (TPSA) is 55.1 Å². The monoisotopic (exact) mass is 332 g/mol. The first kappa shape index (κ1) is 14.8. The molecule has 20 heavy (non-hydrogen) atoms. The van der Waals surface area contributed by atoms with E-state index in [-0.39, 0.29) is 18.4 Å². The van der Waals surface area contributed by atoms with Gasteiger partial charge in [-0.15, -0.1) is 0 Å². The molecule has 3 nitrogen and oxygen atoms in total. The number of hydrogen-bond acceptors (Lipinski definition) is 2. The molecule has 1 amide bonds. The number of anilines is 1. The molecule has 0 aliphatic rings. The van der Waals surface area contributed by atoms with Gasteiger partial charge < -0.3 is 11.1 Å². The van der Waals surface area contributed by atoms with Crippen molar-refractivity contribution in [3.63, 3.8) is 0 Å². The maximum Gasteiger partial charge on any atom is 0.226 e. The van der Waals surface area contributed by atoms with Crippen LogP contribution in [0, 0.1) is 6.92 Å². The summed E-state index contributed by atoms with van der Waals surface area (Å²) in [5.74, 6) is -0.0810. The third-order valence-electron chi connectivity index (χ3n) is 3.17. The van der Waals surface area contributed by atoms with Crippen molar-refractivity contribution in [2.24, 2.45) is 5.73 Å². The first-order valence-corrected chi connectivity index (χ1v) is 7.22. The van der Waals surface area contributed by atoms with Crippen LogP contribution >= 0.6 is 15.9 Å². The van der Waals surface area contributed by atoms with Crippen LogP contribution in [-0.2, 0) is 4.79 Å². The van der Waals surface area contributed by atoms with Crippen molar-refractivity contribution in [2.45, 2.75) is 19.4 Å². The Bertz CT molecular complexity index is 599. The zero-order chi connectivity index (χ0) is 14.5. The molecular weight excluding hydrogens is 316 g/mol. The van der Waals surface area contributed by atoms with Crippen molar-refractivity contribution >= 4 is 27.5 Å². The first-order valence-electron chi connectivity index (χ1n) is 6.43. The molecular formula is C16H17BrN2O. The van der Waals surface area contributed by atoms with E-state index in [0.717, 1.165) is 21.3 Å². The SMILES string of the molecule is Cc1c(Br)cccc1NC(=O)CC(N)c1ccccc1. The Morgan fingerprint density at radius 2 is 1.90 bits per heavy atom. The number of amides is 1. The van der Waals surface area contributed by atoms with Crippen LogP contribution in [0.25, 0.3) is 0 Å². The molecule has 0 aliphatic heterocycles. The Morgan fingerprint density at radius 1 is 1.20 bits per heavy atom. The summed E-state index contributed by atoms with van der Waals surface area (Å²) in [5.41, 5.74) is 8.83. The molecule has 0 heterocycles. The second kappa shape index (κ2) is 6.68. The van der Waals surface area contributed by atoms with Crippen LogP contribution in [0.1, 0.15) is 23.6 Å². The van der Waals surface area contributed by atoms with Crippen molar-refractivity contribution in [1.29, 1.82) is 0 Å². The number of carbonyl (C=O) groups excluding carboxylic acids is 1. The van der Waals surface area contributed by atoms with E-state index in [1.165, 1.54) is 0 Å². The molecule has 2 aromatic carbocycles. The predicted molar refractivity (Wildman–Crippen MR) is 85.5 cm³/mol. The highest BCUT2D eigenvalue weighted by Crippen LogP contribution is 2.24. The molecule has 0 aromatic heterocycles. The third-order valence-corrected chi connectivity index (χ3v) is 4.03. The van der Waals surface area contributed by atoms with Gasteiger partial charge in [-0.05, 0) is 30.2 Å². The molecule has 2 aromatic rings. The zero-order valence-corrected chi connectivity index (χ0v) is 12.9. The Kier molecular flexibility index (Phi) is 4.93. The molecule has 1 unspecified atom stereocenters. The first-order chi connectivity index (χ1) is 9.58. The molecule has 1 atom stereocenters. The molecule has 0 saturated carbocycles. The Balaban J connectivity index is 2.01. The van der Waals surface area contributed by atoms with Crippen LogP contribution in [0.2, 0.25) is 0 Å². The van der Waals surface area contributed by atoms with Crippen LogP contribution in [-0.4, -0.2) is 5.91 Å². The molecule has 0 fully saturated rings. The van der Waals surface area contributed by atoms with Crippen LogP contribution in [0.15, 0.2) is 53.0 Å². The lowest BCUT2D eigenvalue weighted by atomic mass is 10.0. The quantitative estimate of drug-likeness (QED) is 0.894. The van der Waals surface area contributed by atoms with Crippen molar-refractivity contribution in [3.8, 4) is 0 Å². The van der Waals surface area contributed by atoms with Gasteiger partial charge in [0.1, 0.15) is 0 Å². The van der Waals surface area contributed by atoms with Crippen molar-refractivity contribution < 1.29 is 4.79 Å². The lowest BCUT2D eigenvalue weighted by Gasteiger charge is -2.13. The summed E-state index contributed by atoms with van der Waals surface area (Å²) >= 11 is 3.45. The van der Waals surface area contributed by atoms with Crippen LogP contribution in [0.4, 0.5) is 5.69 Å². The van der Waals surface area contributed by atoms with E-state index < -0.39 is 0 Å². The number of nitrogens with two attached hydrogens (primary N) is 1. The standard InChI is InChI=1S/C16H17BrN2O/c1-11-13(17)8-5-9-15(11)19-16(20)10-14(18)12-6-3-2-4-7-12/h2-9,14H,10,18H2,1H3,(H,19,20). The minimum atomic E-state index is -0.288. The highest BCUT2D eigenvalue weighted by Gasteiger charge is 2.12. The van der Waals surface area contributed by atoms with Gasteiger partial charge in [0.2, 0.25) is 5.91 Å². The van der Waals surface area contributed by atoms with Gasteiger partial charge in [-0.1, -0.05) is 52.3 Å². The van der Waals surface area contributed by atoms with Gasteiger partial charge in [0, 0.05) is 22.6 Å². The second-order valence-electron chi connectivity index (χ2n) is 4.68. The number of hydrogen-bond donors (Lipinski definition) is 2. The molecule has 0 bridgehead atoms. The van der Waals surface area contributed by atoms with Gasteiger partial charge in [0.25, 0.3) is 0 Å². The summed E-state index contributed by atoms with van der Waals surface area (Å²) in [7, 11) is 0. The number of halogens is 1. The van der Waals surface area contributed by atoms with E-state index in [1.807, 2.05) is 55.5 Å². The average Bonchev–Trinajstić information content (AvgIpc) is 2.45. The Labute approximate surface area is 127 Å². The number of rotatable bonds is 4. The Hall–Kier alpha value is -1.65. The molecule has 0 saturated heterocycles. The highest BCUT2D eigenvalue weighted by molar-refractivity contribution is 9.10. The van der Waals surface area contributed by atoms with Gasteiger partial charge in [-0.3, -0.25) is 4.79 Å². The zero-order valence-electron chi connectivity index (χ0n) is 11.3. The summed E-state index contributed by atoms with van der Waals surface area (Å²) in [4.78, 5) is 12.1. The lowest BCUT2D eigenvalue weighted by molar-refractivity contribution is -0.116. The fourth-order valence-corrected chi connectivity index (χ4v) is 2.33.